The van der Waals surface area contributed by atoms with E-state index in [2.05, 4.69) is 4.90 Å². The Kier molecular flexibility index (Phi) is 6.23. The molecule has 0 N–H and O–H groups in total. The maximum atomic E-state index is 13.1. The minimum absolute atomic E-state index is 0.140. The zero-order valence-corrected chi connectivity index (χ0v) is 17.5. The lowest BCUT2D eigenvalue weighted by atomic mass is 10.1. The number of benzene rings is 1. The lowest BCUT2D eigenvalue weighted by Gasteiger charge is -2.35. The van der Waals surface area contributed by atoms with Crippen molar-refractivity contribution in [3.8, 4) is 0 Å². The van der Waals surface area contributed by atoms with E-state index < -0.39 is 10.0 Å². The highest BCUT2D eigenvalue weighted by molar-refractivity contribution is 7.89. The highest BCUT2D eigenvalue weighted by Gasteiger charge is 2.32. The van der Waals surface area contributed by atoms with Crippen molar-refractivity contribution >= 4 is 15.9 Å². The first-order valence-corrected chi connectivity index (χ1v) is 11.3. The van der Waals surface area contributed by atoms with Crippen LogP contribution in [0.15, 0.2) is 17.0 Å². The standard InChI is InChI=1S/C20H31N3O3S/c1-16-14-17(2)20(18(3)15-16)27(25,26)23-12-10-22(11-13-23)19(24)6-9-21-7-4-5-8-21/h14-15H,4-13H2,1-3H3. The smallest absolute Gasteiger partial charge is 0.243 e. The number of likely N-dealkylation sites (tertiary alicyclic amines) is 1. The number of carbonyl (C=O) groups is 1. The van der Waals surface area contributed by atoms with Gasteiger partial charge in [0.25, 0.3) is 0 Å². The van der Waals surface area contributed by atoms with Crippen molar-refractivity contribution in [1.82, 2.24) is 14.1 Å². The SMILES string of the molecule is Cc1cc(C)c(S(=O)(=O)N2CCN(C(=O)CCN3CCCC3)CC2)c(C)c1. The summed E-state index contributed by atoms with van der Waals surface area (Å²) in [5.74, 6) is 0.140. The van der Waals surface area contributed by atoms with Crippen LogP contribution >= 0.6 is 0 Å². The molecule has 0 aliphatic carbocycles. The average Bonchev–Trinajstić information content (AvgIpc) is 3.12. The fourth-order valence-corrected chi connectivity index (χ4v) is 6.13. The zero-order valence-electron chi connectivity index (χ0n) is 16.7. The van der Waals surface area contributed by atoms with Crippen molar-refractivity contribution in [3.63, 3.8) is 0 Å². The summed E-state index contributed by atoms with van der Waals surface area (Å²) in [6.07, 6.45) is 2.98. The molecule has 0 atom stereocenters. The number of nitrogens with zero attached hydrogens (tertiary/aromatic N) is 3. The molecule has 0 unspecified atom stereocenters. The Morgan fingerprint density at radius 2 is 1.48 bits per heavy atom. The van der Waals surface area contributed by atoms with Crippen LogP contribution in [0.1, 0.15) is 36.0 Å². The van der Waals surface area contributed by atoms with Crippen LogP contribution in [0.3, 0.4) is 0 Å². The van der Waals surface area contributed by atoms with Gasteiger partial charge in [0.1, 0.15) is 0 Å². The van der Waals surface area contributed by atoms with Crippen LogP contribution in [0, 0.1) is 20.8 Å². The van der Waals surface area contributed by atoms with E-state index in [1.165, 1.54) is 17.1 Å². The molecule has 2 heterocycles. The summed E-state index contributed by atoms with van der Waals surface area (Å²) in [6, 6.07) is 3.83. The molecular weight excluding hydrogens is 362 g/mol. The molecule has 0 bridgehead atoms. The molecule has 0 saturated carbocycles. The molecule has 1 amide bonds. The van der Waals surface area contributed by atoms with Crippen molar-refractivity contribution in [1.29, 1.82) is 0 Å². The van der Waals surface area contributed by atoms with Gasteiger partial charge in [0, 0.05) is 39.1 Å². The van der Waals surface area contributed by atoms with Crippen molar-refractivity contribution in [2.24, 2.45) is 0 Å². The number of piperazine rings is 1. The van der Waals surface area contributed by atoms with Gasteiger partial charge in [0.15, 0.2) is 0 Å². The van der Waals surface area contributed by atoms with Gasteiger partial charge < -0.3 is 9.80 Å². The number of aryl methyl sites for hydroxylation is 3. The summed E-state index contributed by atoms with van der Waals surface area (Å²) in [5, 5.41) is 0. The summed E-state index contributed by atoms with van der Waals surface area (Å²) >= 11 is 0. The van der Waals surface area contributed by atoms with E-state index in [0.29, 0.717) is 37.5 Å². The summed E-state index contributed by atoms with van der Waals surface area (Å²) in [7, 11) is -3.53. The second kappa shape index (κ2) is 8.29. The number of hydrogen-bond acceptors (Lipinski definition) is 4. The second-order valence-electron chi connectivity index (χ2n) is 7.81. The molecule has 1 aromatic rings. The van der Waals surface area contributed by atoms with Gasteiger partial charge in [-0.15, -0.1) is 0 Å². The van der Waals surface area contributed by atoms with Gasteiger partial charge in [-0.1, -0.05) is 17.7 Å². The van der Waals surface area contributed by atoms with Crippen molar-refractivity contribution in [3.05, 3.63) is 28.8 Å². The van der Waals surface area contributed by atoms with Gasteiger partial charge in [-0.3, -0.25) is 4.79 Å². The summed E-state index contributed by atoms with van der Waals surface area (Å²) in [6.45, 7) is 10.4. The monoisotopic (exact) mass is 393 g/mol. The molecular formula is C20H31N3O3S. The maximum absolute atomic E-state index is 13.1. The Balaban J connectivity index is 1.60. The number of hydrogen-bond donors (Lipinski definition) is 0. The van der Waals surface area contributed by atoms with E-state index in [1.807, 2.05) is 37.8 Å². The lowest BCUT2D eigenvalue weighted by molar-refractivity contribution is -0.132. The van der Waals surface area contributed by atoms with E-state index in [-0.39, 0.29) is 5.91 Å². The molecule has 7 heteroatoms. The lowest BCUT2D eigenvalue weighted by Crippen LogP contribution is -2.51. The highest BCUT2D eigenvalue weighted by atomic mass is 32.2. The first-order valence-electron chi connectivity index (χ1n) is 9.87. The number of carbonyl (C=O) groups excluding carboxylic acids is 1. The minimum Gasteiger partial charge on any atom is -0.340 e. The Labute approximate surface area is 163 Å². The van der Waals surface area contributed by atoms with Gasteiger partial charge in [0.2, 0.25) is 15.9 Å². The fourth-order valence-electron chi connectivity index (χ4n) is 4.30. The van der Waals surface area contributed by atoms with Crippen LogP contribution < -0.4 is 0 Å². The third-order valence-corrected chi connectivity index (χ3v) is 7.84. The zero-order chi connectivity index (χ0) is 19.6. The van der Waals surface area contributed by atoms with Gasteiger partial charge in [-0.2, -0.15) is 4.31 Å². The second-order valence-corrected chi connectivity index (χ2v) is 9.69. The molecule has 2 aliphatic rings. The maximum Gasteiger partial charge on any atom is 0.243 e. The van der Waals surface area contributed by atoms with E-state index >= 15 is 0 Å². The molecule has 1 aromatic carbocycles. The van der Waals surface area contributed by atoms with Gasteiger partial charge in [0.05, 0.1) is 4.90 Å². The van der Waals surface area contributed by atoms with Crippen LogP contribution in [-0.4, -0.2) is 74.2 Å². The predicted molar refractivity (Wildman–Crippen MR) is 106 cm³/mol. The third kappa shape index (κ3) is 4.52. The Morgan fingerprint density at radius 3 is 2.04 bits per heavy atom. The van der Waals surface area contributed by atoms with Crippen LogP contribution in [0.2, 0.25) is 0 Å². The molecule has 3 rings (SSSR count). The summed E-state index contributed by atoms with van der Waals surface area (Å²) in [5.41, 5.74) is 2.64. The molecule has 0 aromatic heterocycles. The van der Waals surface area contributed by atoms with E-state index in [0.717, 1.165) is 36.3 Å². The average molecular weight is 394 g/mol. The number of sulfonamides is 1. The Bertz CT molecular complexity index is 770. The van der Waals surface area contributed by atoms with Gasteiger partial charge in [-0.05, 0) is 57.8 Å². The Morgan fingerprint density at radius 1 is 0.926 bits per heavy atom. The molecule has 0 spiro atoms. The van der Waals surface area contributed by atoms with Crippen molar-refractivity contribution < 1.29 is 13.2 Å². The van der Waals surface area contributed by atoms with Gasteiger partial charge >= 0.3 is 0 Å². The fraction of sp³-hybridized carbons (Fsp3) is 0.650. The third-order valence-electron chi connectivity index (χ3n) is 5.63. The Hall–Kier alpha value is -1.44. The molecule has 150 valence electrons. The van der Waals surface area contributed by atoms with Crippen molar-refractivity contribution in [2.45, 2.75) is 44.9 Å². The van der Waals surface area contributed by atoms with Crippen LogP contribution in [0.5, 0.6) is 0 Å². The topological polar surface area (TPSA) is 60.9 Å². The molecule has 2 fully saturated rings. The summed E-state index contributed by atoms with van der Waals surface area (Å²) in [4.78, 5) is 17.0. The van der Waals surface area contributed by atoms with E-state index in [9.17, 15) is 13.2 Å². The van der Waals surface area contributed by atoms with Gasteiger partial charge in [-0.25, -0.2) is 8.42 Å². The van der Waals surface area contributed by atoms with E-state index in [1.54, 1.807) is 0 Å². The first kappa shape index (κ1) is 20.3. The molecule has 0 radical (unpaired) electrons. The van der Waals surface area contributed by atoms with Crippen molar-refractivity contribution in [2.75, 3.05) is 45.8 Å². The molecule has 2 aliphatic heterocycles. The van der Waals surface area contributed by atoms with E-state index in [4.69, 9.17) is 0 Å². The molecule has 27 heavy (non-hydrogen) atoms. The quantitative estimate of drug-likeness (QED) is 0.767. The normalized spacial score (nSPS) is 19.6. The molecule has 2 saturated heterocycles. The predicted octanol–water partition coefficient (Wildman–Crippen LogP) is 1.93. The number of amides is 1. The largest absolute Gasteiger partial charge is 0.340 e. The van der Waals surface area contributed by atoms with Crippen LogP contribution in [-0.2, 0) is 14.8 Å². The van der Waals surface area contributed by atoms with Crippen LogP contribution in [0.25, 0.3) is 0 Å². The first-order chi connectivity index (χ1) is 12.8. The highest BCUT2D eigenvalue weighted by Crippen LogP contribution is 2.26. The number of rotatable bonds is 5. The molecule has 6 nitrogen and oxygen atoms in total. The van der Waals surface area contributed by atoms with Crippen LogP contribution in [0.4, 0.5) is 0 Å². The minimum atomic E-state index is -3.53. The summed E-state index contributed by atoms with van der Waals surface area (Å²) < 4.78 is 27.8.